The predicted octanol–water partition coefficient (Wildman–Crippen LogP) is 1.33. The van der Waals surface area contributed by atoms with Crippen molar-refractivity contribution < 1.29 is 5.11 Å². The molecule has 0 saturated carbocycles. The molecule has 3 heterocycles. The minimum atomic E-state index is 0.256. The smallest absolute Gasteiger partial charge is 0.172 e. The molecule has 0 aromatic carbocycles. The van der Waals surface area contributed by atoms with Crippen LogP contribution in [0.1, 0.15) is 12.8 Å². The van der Waals surface area contributed by atoms with E-state index in [1.54, 1.807) is 18.6 Å². The molecule has 6 heteroatoms. The van der Waals surface area contributed by atoms with Gasteiger partial charge in [0.2, 0.25) is 0 Å². The van der Waals surface area contributed by atoms with Gasteiger partial charge in [-0.1, -0.05) is 0 Å². The van der Waals surface area contributed by atoms with Crippen molar-refractivity contribution in [1.29, 1.82) is 0 Å². The Morgan fingerprint density at radius 2 is 1.95 bits per heavy atom. The number of nitrogens with two attached hydrogens (primary N) is 1. The zero-order valence-electron chi connectivity index (χ0n) is 11.8. The first-order valence-electron chi connectivity index (χ1n) is 7.16. The molecule has 0 bridgehead atoms. The van der Waals surface area contributed by atoms with Gasteiger partial charge in [0, 0.05) is 37.7 Å². The maximum atomic E-state index is 9.22. The molecule has 0 unspecified atom stereocenters. The number of nitrogen functional groups attached to an aromatic ring is 1. The lowest BCUT2D eigenvalue weighted by Crippen LogP contribution is -2.36. The van der Waals surface area contributed by atoms with Gasteiger partial charge in [0.15, 0.2) is 11.6 Å². The number of nitrogens with zero attached hydrogens (tertiary/aromatic N) is 4. The van der Waals surface area contributed by atoms with Crippen molar-refractivity contribution in [3.05, 3.63) is 30.7 Å². The summed E-state index contributed by atoms with van der Waals surface area (Å²) < 4.78 is 0. The summed E-state index contributed by atoms with van der Waals surface area (Å²) in [4.78, 5) is 15.1. The molecule has 1 fully saturated rings. The van der Waals surface area contributed by atoms with Gasteiger partial charge in [-0.25, -0.2) is 9.97 Å². The number of piperidine rings is 1. The third-order valence-electron chi connectivity index (χ3n) is 3.93. The summed E-state index contributed by atoms with van der Waals surface area (Å²) in [5, 5.41) is 9.22. The van der Waals surface area contributed by atoms with Crippen LogP contribution in [0.25, 0.3) is 11.3 Å². The normalized spacial score (nSPS) is 16.1. The van der Waals surface area contributed by atoms with Gasteiger partial charge in [-0.15, -0.1) is 0 Å². The first kappa shape index (κ1) is 13.8. The lowest BCUT2D eigenvalue weighted by Gasteiger charge is -2.32. The first-order valence-corrected chi connectivity index (χ1v) is 7.16. The minimum absolute atomic E-state index is 0.256. The molecule has 1 aliphatic rings. The van der Waals surface area contributed by atoms with Crippen LogP contribution in [-0.4, -0.2) is 39.8 Å². The maximum Gasteiger partial charge on any atom is 0.172 e. The standard InChI is InChI=1S/C15H19N5O/c16-14-15(20-7-3-11(10-21)4-8-20)19-13(9-18-14)12-1-5-17-6-2-12/h1-2,5-6,9,11,21H,3-4,7-8,10H2,(H2,16,18). The van der Waals surface area contributed by atoms with Gasteiger partial charge >= 0.3 is 0 Å². The van der Waals surface area contributed by atoms with Crippen LogP contribution >= 0.6 is 0 Å². The van der Waals surface area contributed by atoms with Crippen molar-refractivity contribution in [1.82, 2.24) is 15.0 Å². The lowest BCUT2D eigenvalue weighted by atomic mass is 9.98. The zero-order valence-corrected chi connectivity index (χ0v) is 11.8. The second-order valence-corrected chi connectivity index (χ2v) is 5.31. The monoisotopic (exact) mass is 285 g/mol. The molecule has 2 aromatic rings. The molecule has 6 nitrogen and oxygen atoms in total. The topological polar surface area (TPSA) is 88.2 Å². The van der Waals surface area contributed by atoms with E-state index in [0.29, 0.717) is 11.7 Å². The second kappa shape index (κ2) is 6.05. The fourth-order valence-electron chi connectivity index (χ4n) is 2.61. The Morgan fingerprint density at radius 1 is 1.24 bits per heavy atom. The van der Waals surface area contributed by atoms with E-state index in [-0.39, 0.29) is 6.61 Å². The van der Waals surface area contributed by atoms with E-state index >= 15 is 0 Å². The maximum absolute atomic E-state index is 9.22. The molecule has 0 aliphatic carbocycles. The van der Waals surface area contributed by atoms with Crippen LogP contribution in [0.4, 0.5) is 11.6 Å². The third-order valence-corrected chi connectivity index (χ3v) is 3.93. The van der Waals surface area contributed by atoms with E-state index in [1.807, 2.05) is 12.1 Å². The highest BCUT2D eigenvalue weighted by molar-refractivity contribution is 5.65. The summed E-state index contributed by atoms with van der Waals surface area (Å²) in [5.74, 6) is 1.58. The number of anilines is 2. The predicted molar refractivity (Wildman–Crippen MR) is 81.7 cm³/mol. The van der Waals surface area contributed by atoms with Gasteiger partial charge in [0.05, 0.1) is 11.9 Å². The molecule has 1 saturated heterocycles. The Hall–Kier alpha value is -2.21. The molecular formula is C15H19N5O. The summed E-state index contributed by atoms with van der Waals surface area (Å²) in [7, 11) is 0. The van der Waals surface area contributed by atoms with E-state index in [4.69, 9.17) is 5.73 Å². The number of pyridine rings is 1. The number of hydrogen-bond donors (Lipinski definition) is 2. The Balaban J connectivity index is 1.85. The van der Waals surface area contributed by atoms with Crippen molar-refractivity contribution in [3.8, 4) is 11.3 Å². The number of aromatic nitrogens is 3. The van der Waals surface area contributed by atoms with Gasteiger partial charge < -0.3 is 15.7 Å². The van der Waals surface area contributed by atoms with Gasteiger partial charge in [-0.3, -0.25) is 4.98 Å². The Morgan fingerprint density at radius 3 is 2.62 bits per heavy atom. The van der Waals surface area contributed by atoms with Crippen LogP contribution in [0, 0.1) is 5.92 Å². The van der Waals surface area contributed by atoms with Crippen molar-refractivity contribution >= 4 is 11.6 Å². The Kier molecular flexibility index (Phi) is 3.96. The average Bonchev–Trinajstić information content (AvgIpc) is 2.56. The van der Waals surface area contributed by atoms with E-state index in [0.717, 1.165) is 43.0 Å². The molecule has 0 spiro atoms. The van der Waals surface area contributed by atoms with Crippen LogP contribution in [0.5, 0.6) is 0 Å². The second-order valence-electron chi connectivity index (χ2n) is 5.31. The largest absolute Gasteiger partial charge is 0.396 e. The molecule has 21 heavy (non-hydrogen) atoms. The van der Waals surface area contributed by atoms with Crippen LogP contribution in [-0.2, 0) is 0 Å². The van der Waals surface area contributed by atoms with E-state index < -0.39 is 0 Å². The molecular weight excluding hydrogens is 266 g/mol. The molecule has 3 N–H and O–H groups in total. The molecule has 110 valence electrons. The highest BCUT2D eigenvalue weighted by atomic mass is 16.3. The molecule has 0 amide bonds. The van der Waals surface area contributed by atoms with Crippen LogP contribution in [0.15, 0.2) is 30.7 Å². The highest BCUT2D eigenvalue weighted by Crippen LogP contribution is 2.27. The number of aliphatic hydroxyl groups excluding tert-OH is 1. The summed E-state index contributed by atoms with van der Waals surface area (Å²) in [6, 6.07) is 3.81. The van der Waals surface area contributed by atoms with Crippen LogP contribution in [0.2, 0.25) is 0 Å². The van der Waals surface area contributed by atoms with Crippen molar-refractivity contribution in [3.63, 3.8) is 0 Å². The summed E-state index contributed by atoms with van der Waals surface area (Å²) >= 11 is 0. The molecule has 0 radical (unpaired) electrons. The summed E-state index contributed by atoms with van der Waals surface area (Å²) in [5.41, 5.74) is 7.76. The van der Waals surface area contributed by atoms with Crippen molar-refractivity contribution in [2.45, 2.75) is 12.8 Å². The van der Waals surface area contributed by atoms with E-state index in [2.05, 4.69) is 19.9 Å². The van der Waals surface area contributed by atoms with Gasteiger partial charge in [-0.05, 0) is 30.9 Å². The minimum Gasteiger partial charge on any atom is -0.396 e. The number of rotatable bonds is 3. The van der Waals surface area contributed by atoms with E-state index in [1.165, 1.54) is 0 Å². The summed E-state index contributed by atoms with van der Waals surface area (Å²) in [6.07, 6.45) is 7.07. The molecule has 2 aromatic heterocycles. The van der Waals surface area contributed by atoms with Crippen LogP contribution in [0.3, 0.4) is 0 Å². The third kappa shape index (κ3) is 2.95. The molecule has 0 atom stereocenters. The van der Waals surface area contributed by atoms with Crippen molar-refractivity contribution in [2.75, 3.05) is 30.3 Å². The number of aliphatic hydroxyl groups is 1. The quantitative estimate of drug-likeness (QED) is 0.884. The average molecular weight is 285 g/mol. The lowest BCUT2D eigenvalue weighted by molar-refractivity contribution is 0.203. The van der Waals surface area contributed by atoms with Gasteiger partial charge in [0.25, 0.3) is 0 Å². The van der Waals surface area contributed by atoms with E-state index in [9.17, 15) is 5.11 Å². The first-order chi connectivity index (χ1) is 10.3. The Labute approximate surface area is 123 Å². The van der Waals surface area contributed by atoms with Gasteiger partial charge in [-0.2, -0.15) is 0 Å². The van der Waals surface area contributed by atoms with Crippen molar-refractivity contribution in [2.24, 2.45) is 5.92 Å². The molecule has 1 aliphatic heterocycles. The SMILES string of the molecule is Nc1ncc(-c2ccncc2)nc1N1CCC(CO)CC1. The highest BCUT2D eigenvalue weighted by Gasteiger charge is 2.21. The zero-order chi connectivity index (χ0) is 14.7. The Bertz CT molecular complexity index is 596. The van der Waals surface area contributed by atoms with Gasteiger partial charge in [0.1, 0.15) is 0 Å². The fraction of sp³-hybridized carbons (Fsp3) is 0.400. The number of hydrogen-bond acceptors (Lipinski definition) is 6. The molecule has 3 rings (SSSR count). The summed E-state index contributed by atoms with van der Waals surface area (Å²) in [6.45, 7) is 1.96. The van der Waals surface area contributed by atoms with Crippen LogP contribution < -0.4 is 10.6 Å². The fourth-order valence-corrected chi connectivity index (χ4v) is 2.61.